The maximum absolute atomic E-state index is 12.3. The van der Waals surface area contributed by atoms with Gasteiger partial charge >= 0.3 is 0 Å². The van der Waals surface area contributed by atoms with Crippen molar-refractivity contribution >= 4 is 40.1 Å². The number of imidazole rings is 1. The van der Waals surface area contributed by atoms with E-state index in [1.165, 1.54) is 19.2 Å². The first-order valence-corrected chi connectivity index (χ1v) is 11.1. The van der Waals surface area contributed by atoms with Crippen molar-refractivity contribution in [1.82, 2.24) is 24.8 Å². The van der Waals surface area contributed by atoms with Gasteiger partial charge < -0.3 is 14.6 Å². The van der Waals surface area contributed by atoms with E-state index in [9.17, 15) is 4.79 Å². The van der Waals surface area contributed by atoms with Crippen molar-refractivity contribution in [3.63, 3.8) is 0 Å². The molecule has 2 heterocycles. The maximum Gasteiger partial charge on any atom is 0.257 e. The summed E-state index contributed by atoms with van der Waals surface area (Å²) in [6.45, 7) is 2.89. The Morgan fingerprint density at radius 3 is 2.58 bits per heavy atom. The van der Waals surface area contributed by atoms with E-state index in [2.05, 4.69) is 30.2 Å². The fraction of sp³-hybridized carbons (Fsp3) is 0.208. The standard InChI is InChI=1S/C24H22N6O2S/c1-15-2-6-17(7-3-15)22(31)29-24(33)28-18-8-10-19(11-9-18)32-23-20-21(25-13-26-23)30(14-27-20)12-16-4-5-16/h2-3,6-11,13-14,16H,4-5,12H2,1H3,(H2,28,29,31,33). The number of anilines is 1. The van der Waals surface area contributed by atoms with Gasteiger partial charge in [0, 0.05) is 17.8 Å². The third-order valence-corrected chi connectivity index (χ3v) is 5.59. The summed E-state index contributed by atoms with van der Waals surface area (Å²) in [5, 5.41) is 5.90. The van der Waals surface area contributed by atoms with Crippen molar-refractivity contribution in [2.75, 3.05) is 5.32 Å². The van der Waals surface area contributed by atoms with Crippen LogP contribution in [0.25, 0.3) is 11.2 Å². The average molecular weight is 459 g/mol. The number of amides is 1. The summed E-state index contributed by atoms with van der Waals surface area (Å²) in [5.41, 5.74) is 3.77. The fourth-order valence-corrected chi connectivity index (χ4v) is 3.62. The molecule has 1 amide bonds. The van der Waals surface area contributed by atoms with Gasteiger partial charge in [0.15, 0.2) is 16.3 Å². The van der Waals surface area contributed by atoms with Crippen LogP contribution in [-0.4, -0.2) is 30.5 Å². The van der Waals surface area contributed by atoms with Gasteiger partial charge in [-0.1, -0.05) is 17.7 Å². The number of nitrogens with one attached hydrogen (secondary N) is 2. The minimum Gasteiger partial charge on any atom is -0.437 e. The zero-order valence-corrected chi connectivity index (χ0v) is 18.8. The van der Waals surface area contributed by atoms with Gasteiger partial charge in [-0.3, -0.25) is 10.1 Å². The van der Waals surface area contributed by atoms with E-state index < -0.39 is 0 Å². The van der Waals surface area contributed by atoms with E-state index >= 15 is 0 Å². The number of rotatable bonds is 6. The molecular weight excluding hydrogens is 436 g/mol. The second-order valence-corrected chi connectivity index (χ2v) is 8.50. The number of thiocarbonyl (C=S) groups is 1. The van der Waals surface area contributed by atoms with E-state index in [4.69, 9.17) is 17.0 Å². The van der Waals surface area contributed by atoms with Crippen LogP contribution in [0.2, 0.25) is 0 Å². The lowest BCUT2D eigenvalue weighted by atomic mass is 10.1. The molecule has 2 aromatic heterocycles. The Morgan fingerprint density at radius 2 is 1.85 bits per heavy atom. The molecule has 9 heteroatoms. The lowest BCUT2D eigenvalue weighted by Crippen LogP contribution is -2.34. The summed E-state index contributed by atoms with van der Waals surface area (Å²) >= 11 is 5.26. The number of hydrogen-bond donors (Lipinski definition) is 2. The molecule has 0 bridgehead atoms. The van der Waals surface area contributed by atoms with Gasteiger partial charge in [-0.15, -0.1) is 0 Å². The summed E-state index contributed by atoms with van der Waals surface area (Å²) < 4.78 is 8.02. The highest BCUT2D eigenvalue weighted by Gasteiger charge is 2.23. The molecule has 0 spiro atoms. The number of aryl methyl sites for hydroxylation is 1. The van der Waals surface area contributed by atoms with Crippen molar-refractivity contribution in [3.05, 3.63) is 72.3 Å². The average Bonchev–Trinajstić information content (AvgIpc) is 3.53. The maximum atomic E-state index is 12.3. The molecule has 1 saturated carbocycles. The van der Waals surface area contributed by atoms with Gasteiger partial charge in [0.25, 0.3) is 11.8 Å². The Hall–Kier alpha value is -3.85. The lowest BCUT2D eigenvalue weighted by Gasteiger charge is -2.11. The molecule has 166 valence electrons. The molecule has 0 atom stereocenters. The number of carbonyl (C=O) groups is 1. The first-order valence-electron chi connectivity index (χ1n) is 10.7. The summed E-state index contributed by atoms with van der Waals surface area (Å²) in [6, 6.07) is 14.5. The van der Waals surface area contributed by atoms with E-state index in [1.807, 2.05) is 31.2 Å². The van der Waals surface area contributed by atoms with Crippen LogP contribution in [0.4, 0.5) is 5.69 Å². The molecule has 4 aromatic rings. The molecule has 2 aromatic carbocycles. The van der Waals surface area contributed by atoms with E-state index in [0.717, 1.165) is 29.4 Å². The zero-order valence-electron chi connectivity index (χ0n) is 18.0. The van der Waals surface area contributed by atoms with Crippen molar-refractivity contribution in [2.24, 2.45) is 5.92 Å². The van der Waals surface area contributed by atoms with Gasteiger partial charge in [-0.25, -0.2) is 9.97 Å². The molecule has 1 fully saturated rings. The summed E-state index contributed by atoms with van der Waals surface area (Å²) in [7, 11) is 0. The number of ether oxygens (including phenoxy) is 1. The number of carbonyl (C=O) groups excluding carboxylic acids is 1. The molecule has 33 heavy (non-hydrogen) atoms. The van der Waals surface area contributed by atoms with Crippen LogP contribution in [0.3, 0.4) is 0 Å². The Kier molecular flexibility index (Phi) is 5.70. The predicted octanol–water partition coefficient (Wildman–Crippen LogP) is 4.46. The first-order chi connectivity index (χ1) is 16.0. The number of benzene rings is 2. The second kappa shape index (κ2) is 8.95. The molecular formula is C24H22N6O2S. The summed E-state index contributed by atoms with van der Waals surface area (Å²) in [4.78, 5) is 25.4. The first kappa shape index (κ1) is 21.0. The smallest absolute Gasteiger partial charge is 0.257 e. The van der Waals surface area contributed by atoms with Gasteiger partial charge in [0.1, 0.15) is 12.1 Å². The van der Waals surface area contributed by atoms with Gasteiger partial charge in [-0.05, 0) is 74.3 Å². The highest BCUT2D eigenvalue weighted by Crippen LogP contribution is 2.32. The van der Waals surface area contributed by atoms with E-state index in [0.29, 0.717) is 22.7 Å². The zero-order chi connectivity index (χ0) is 22.8. The molecule has 1 aliphatic carbocycles. The molecule has 0 aliphatic heterocycles. The quantitative estimate of drug-likeness (QED) is 0.412. The van der Waals surface area contributed by atoms with Crippen molar-refractivity contribution < 1.29 is 9.53 Å². The van der Waals surface area contributed by atoms with Gasteiger partial charge in [-0.2, -0.15) is 4.98 Å². The topological polar surface area (TPSA) is 94.0 Å². The van der Waals surface area contributed by atoms with E-state index in [-0.39, 0.29) is 11.0 Å². The molecule has 0 unspecified atom stereocenters. The van der Waals surface area contributed by atoms with Gasteiger partial charge in [0.2, 0.25) is 0 Å². The van der Waals surface area contributed by atoms with Crippen LogP contribution in [0.5, 0.6) is 11.6 Å². The van der Waals surface area contributed by atoms with Crippen molar-refractivity contribution in [3.8, 4) is 11.6 Å². The van der Waals surface area contributed by atoms with Crippen LogP contribution < -0.4 is 15.4 Å². The second-order valence-electron chi connectivity index (χ2n) is 8.09. The molecule has 0 saturated heterocycles. The highest BCUT2D eigenvalue weighted by molar-refractivity contribution is 7.80. The number of nitrogens with zero attached hydrogens (tertiary/aromatic N) is 4. The highest BCUT2D eigenvalue weighted by atomic mass is 32.1. The van der Waals surface area contributed by atoms with Crippen LogP contribution in [0.15, 0.2) is 61.2 Å². The molecule has 8 nitrogen and oxygen atoms in total. The number of aromatic nitrogens is 4. The fourth-order valence-electron chi connectivity index (χ4n) is 3.41. The van der Waals surface area contributed by atoms with Gasteiger partial charge in [0.05, 0.1) is 6.33 Å². The summed E-state index contributed by atoms with van der Waals surface area (Å²) in [6.07, 6.45) is 5.80. The summed E-state index contributed by atoms with van der Waals surface area (Å²) in [5.74, 6) is 1.47. The predicted molar refractivity (Wildman–Crippen MR) is 129 cm³/mol. The third kappa shape index (κ3) is 4.98. The molecule has 2 N–H and O–H groups in total. The number of fused-ring (bicyclic) bond motifs is 1. The van der Waals surface area contributed by atoms with Crippen LogP contribution in [0, 0.1) is 12.8 Å². The third-order valence-electron chi connectivity index (χ3n) is 5.39. The van der Waals surface area contributed by atoms with E-state index in [1.54, 1.807) is 30.6 Å². The minimum atomic E-state index is -0.263. The normalized spacial score (nSPS) is 13.0. The Bertz CT molecular complexity index is 1310. The lowest BCUT2D eigenvalue weighted by molar-refractivity contribution is 0.0977. The van der Waals surface area contributed by atoms with Crippen molar-refractivity contribution in [2.45, 2.75) is 26.3 Å². The SMILES string of the molecule is Cc1ccc(C(=O)NC(=S)Nc2ccc(Oc3ncnc4c3ncn4CC3CC3)cc2)cc1. The van der Waals surface area contributed by atoms with Crippen LogP contribution in [-0.2, 0) is 6.54 Å². The monoisotopic (exact) mass is 458 g/mol. The van der Waals surface area contributed by atoms with Crippen LogP contribution >= 0.6 is 12.2 Å². The van der Waals surface area contributed by atoms with Crippen molar-refractivity contribution in [1.29, 1.82) is 0 Å². The Labute approximate surface area is 196 Å². The molecule has 1 aliphatic rings. The Morgan fingerprint density at radius 1 is 1.09 bits per heavy atom. The molecule has 0 radical (unpaired) electrons. The van der Waals surface area contributed by atoms with Crippen LogP contribution in [0.1, 0.15) is 28.8 Å². The Balaban J connectivity index is 1.22. The number of hydrogen-bond acceptors (Lipinski definition) is 6. The largest absolute Gasteiger partial charge is 0.437 e. The minimum absolute atomic E-state index is 0.216. The molecule has 5 rings (SSSR count).